The van der Waals surface area contributed by atoms with Crippen LogP contribution in [0.15, 0.2) is 18.2 Å². The molecule has 5 nitrogen and oxygen atoms in total. The SMILES string of the molecule is O=C(N[C@@H]1COCC[C@@H]1OCCO)c1cc(Cl)ccc1F. The molecular weight excluding hydrogens is 301 g/mol. The first-order valence-electron chi connectivity index (χ1n) is 6.68. The number of amides is 1. The Labute approximate surface area is 127 Å². The molecule has 116 valence electrons. The van der Waals surface area contributed by atoms with Crippen LogP contribution in [0.4, 0.5) is 4.39 Å². The van der Waals surface area contributed by atoms with E-state index in [2.05, 4.69) is 5.32 Å². The quantitative estimate of drug-likeness (QED) is 0.861. The number of hydrogen-bond donors (Lipinski definition) is 2. The number of carbonyl (C=O) groups is 1. The number of aliphatic hydroxyl groups excluding tert-OH is 1. The Hall–Kier alpha value is -1.21. The zero-order valence-electron chi connectivity index (χ0n) is 11.4. The van der Waals surface area contributed by atoms with Crippen molar-refractivity contribution in [3.05, 3.63) is 34.6 Å². The van der Waals surface area contributed by atoms with Crippen molar-refractivity contribution in [2.45, 2.75) is 18.6 Å². The third-order valence-corrected chi connectivity index (χ3v) is 3.44. The third kappa shape index (κ3) is 4.38. The van der Waals surface area contributed by atoms with Gasteiger partial charge in [0.2, 0.25) is 0 Å². The third-order valence-electron chi connectivity index (χ3n) is 3.21. The van der Waals surface area contributed by atoms with Crippen LogP contribution in [-0.2, 0) is 9.47 Å². The van der Waals surface area contributed by atoms with E-state index in [9.17, 15) is 9.18 Å². The molecular formula is C14H17ClFNO4. The van der Waals surface area contributed by atoms with Gasteiger partial charge in [0.05, 0.1) is 37.5 Å². The standard InChI is InChI=1S/C14H17ClFNO4/c15-9-1-2-11(16)10(7-9)14(19)17-12-8-20-5-3-13(12)21-6-4-18/h1-2,7,12-13,18H,3-6,8H2,(H,17,19)/t12-,13+/m1/s1. The van der Waals surface area contributed by atoms with E-state index in [1.54, 1.807) is 0 Å². The van der Waals surface area contributed by atoms with Gasteiger partial charge in [-0.25, -0.2) is 4.39 Å². The first kappa shape index (κ1) is 16.2. The van der Waals surface area contributed by atoms with Crippen molar-refractivity contribution in [1.82, 2.24) is 5.32 Å². The zero-order valence-corrected chi connectivity index (χ0v) is 12.1. The van der Waals surface area contributed by atoms with Crippen LogP contribution in [0.5, 0.6) is 0 Å². The van der Waals surface area contributed by atoms with E-state index in [0.29, 0.717) is 13.0 Å². The minimum Gasteiger partial charge on any atom is -0.394 e. The highest BCUT2D eigenvalue weighted by molar-refractivity contribution is 6.31. The number of aliphatic hydroxyl groups is 1. The first-order chi connectivity index (χ1) is 10.1. The monoisotopic (exact) mass is 317 g/mol. The second-order valence-electron chi connectivity index (χ2n) is 4.70. The fraction of sp³-hybridized carbons (Fsp3) is 0.500. The molecule has 1 heterocycles. The Morgan fingerprint density at radius 2 is 2.38 bits per heavy atom. The summed E-state index contributed by atoms with van der Waals surface area (Å²) in [6.45, 7) is 0.890. The maximum Gasteiger partial charge on any atom is 0.254 e. The van der Waals surface area contributed by atoms with Crippen molar-refractivity contribution in [1.29, 1.82) is 0 Å². The second kappa shape index (κ2) is 7.70. The van der Waals surface area contributed by atoms with Crippen molar-refractivity contribution in [2.24, 2.45) is 0 Å². The lowest BCUT2D eigenvalue weighted by molar-refractivity contribution is -0.0612. The number of benzene rings is 1. The molecule has 1 aliphatic heterocycles. The van der Waals surface area contributed by atoms with Gasteiger partial charge in [-0.2, -0.15) is 0 Å². The van der Waals surface area contributed by atoms with Gasteiger partial charge in [-0.3, -0.25) is 4.79 Å². The molecule has 1 fully saturated rings. The van der Waals surface area contributed by atoms with E-state index in [-0.39, 0.29) is 36.5 Å². The summed E-state index contributed by atoms with van der Waals surface area (Å²) in [5, 5.41) is 11.8. The number of carbonyl (C=O) groups excluding carboxylic acids is 1. The molecule has 0 bridgehead atoms. The van der Waals surface area contributed by atoms with Gasteiger partial charge in [0.1, 0.15) is 5.82 Å². The molecule has 0 spiro atoms. The summed E-state index contributed by atoms with van der Waals surface area (Å²) in [5.41, 5.74) is -0.117. The topological polar surface area (TPSA) is 67.8 Å². The Morgan fingerprint density at radius 3 is 3.14 bits per heavy atom. The maximum atomic E-state index is 13.7. The van der Waals surface area contributed by atoms with Gasteiger partial charge in [-0.05, 0) is 24.6 Å². The molecule has 0 radical (unpaired) electrons. The lowest BCUT2D eigenvalue weighted by Gasteiger charge is -2.32. The van der Waals surface area contributed by atoms with Crippen molar-refractivity contribution >= 4 is 17.5 Å². The predicted molar refractivity (Wildman–Crippen MR) is 74.9 cm³/mol. The Kier molecular flexibility index (Phi) is 5.93. The van der Waals surface area contributed by atoms with Crippen LogP contribution in [0.2, 0.25) is 5.02 Å². The van der Waals surface area contributed by atoms with E-state index >= 15 is 0 Å². The number of hydrogen-bond acceptors (Lipinski definition) is 4. The largest absolute Gasteiger partial charge is 0.394 e. The Balaban J connectivity index is 2.04. The van der Waals surface area contributed by atoms with Crippen molar-refractivity contribution < 1.29 is 23.8 Å². The average molecular weight is 318 g/mol. The summed E-state index contributed by atoms with van der Waals surface area (Å²) in [6, 6.07) is 3.41. The minimum atomic E-state index is -0.638. The van der Waals surface area contributed by atoms with Crippen LogP contribution in [-0.4, -0.2) is 49.6 Å². The van der Waals surface area contributed by atoms with Crippen molar-refractivity contribution in [2.75, 3.05) is 26.4 Å². The average Bonchev–Trinajstić information content (AvgIpc) is 2.48. The van der Waals surface area contributed by atoms with E-state index in [1.807, 2.05) is 0 Å². The number of halogens is 2. The molecule has 0 aromatic heterocycles. The summed E-state index contributed by atoms with van der Waals surface area (Å²) in [5.74, 6) is -1.20. The van der Waals surface area contributed by atoms with Gasteiger partial charge < -0.3 is 19.9 Å². The van der Waals surface area contributed by atoms with E-state index in [0.717, 1.165) is 6.07 Å². The molecule has 0 unspecified atom stereocenters. The molecule has 2 atom stereocenters. The highest BCUT2D eigenvalue weighted by Crippen LogP contribution is 2.17. The van der Waals surface area contributed by atoms with Crippen LogP contribution < -0.4 is 5.32 Å². The summed E-state index contributed by atoms with van der Waals surface area (Å²) in [4.78, 5) is 12.1. The minimum absolute atomic E-state index is 0.0963. The van der Waals surface area contributed by atoms with Crippen molar-refractivity contribution in [3.63, 3.8) is 0 Å². The van der Waals surface area contributed by atoms with E-state index in [1.165, 1.54) is 12.1 Å². The number of rotatable bonds is 5. The first-order valence-corrected chi connectivity index (χ1v) is 7.05. The lowest BCUT2D eigenvalue weighted by Crippen LogP contribution is -2.50. The van der Waals surface area contributed by atoms with Gasteiger partial charge >= 0.3 is 0 Å². The predicted octanol–water partition coefficient (Wildman–Crippen LogP) is 1.38. The molecule has 0 aliphatic carbocycles. The van der Waals surface area contributed by atoms with E-state index in [4.69, 9.17) is 26.2 Å². The molecule has 1 aliphatic rings. The molecule has 21 heavy (non-hydrogen) atoms. The van der Waals surface area contributed by atoms with Crippen molar-refractivity contribution in [3.8, 4) is 0 Å². The molecule has 1 saturated heterocycles. The van der Waals surface area contributed by atoms with Gasteiger partial charge in [-0.1, -0.05) is 11.6 Å². The van der Waals surface area contributed by atoms with Crippen LogP contribution in [0.3, 0.4) is 0 Å². The highest BCUT2D eigenvalue weighted by atomic mass is 35.5. The van der Waals surface area contributed by atoms with Gasteiger partial charge in [0.25, 0.3) is 5.91 Å². The Bertz CT molecular complexity index is 500. The molecule has 7 heteroatoms. The summed E-state index contributed by atoms with van der Waals surface area (Å²) in [7, 11) is 0. The van der Waals surface area contributed by atoms with Gasteiger partial charge in [0, 0.05) is 11.6 Å². The fourth-order valence-electron chi connectivity index (χ4n) is 2.17. The molecule has 0 saturated carbocycles. The normalized spacial score (nSPS) is 22.0. The molecule has 1 amide bonds. The second-order valence-corrected chi connectivity index (χ2v) is 5.14. The summed E-state index contributed by atoms with van der Waals surface area (Å²) >= 11 is 5.78. The fourth-order valence-corrected chi connectivity index (χ4v) is 2.35. The molecule has 2 rings (SSSR count). The van der Waals surface area contributed by atoms with Gasteiger partial charge in [0.15, 0.2) is 0 Å². The summed E-state index contributed by atoms with van der Waals surface area (Å²) < 4.78 is 24.4. The van der Waals surface area contributed by atoms with Crippen LogP contribution in [0.1, 0.15) is 16.8 Å². The number of ether oxygens (including phenoxy) is 2. The lowest BCUT2D eigenvalue weighted by atomic mass is 10.1. The molecule has 1 aromatic rings. The van der Waals surface area contributed by atoms with Crippen LogP contribution in [0.25, 0.3) is 0 Å². The van der Waals surface area contributed by atoms with E-state index < -0.39 is 17.8 Å². The van der Waals surface area contributed by atoms with Crippen LogP contribution in [0, 0.1) is 5.82 Å². The maximum absolute atomic E-state index is 13.7. The highest BCUT2D eigenvalue weighted by Gasteiger charge is 2.28. The molecule has 1 aromatic carbocycles. The number of nitrogens with one attached hydrogen (secondary N) is 1. The van der Waals surface area contributed by atoms with Crippen LogP contribution >= 0.6 is 11.6 Å². The Morgan fingerprint density at radius 1 is 1.57 bits per heavy atom. The van der Waals surface area contributed by atoms with Gasteiger partial charge in [-0.15, -0.1) is 0 Å². The molecule has 2 N–H and O–H groups in total. The zero-order chi connectivity index (χ0) is 15.2. The smallest absolute Gasteiger partial charge is 0.254 e. The summed E-state index contributed by atoms with van der Waals surface area (Å²) in [6.07, 6.45) is 0.334.